The van der Waals surface area contributed by atoms with Gasteiger partial charge < -0.3 is 15.4 Å². The predicted molar refractivity (Wildman–Crippen MR) is 91.0 cm³/mol. The number of ether oxygens (including phenoxy) is 1. The third-order valence-electron chi connectivity index (χ3n) is 5.11. The summed E-state index contributed by atoms with van der Waals surface area (Å²) in [6.45, 7) is 1.10. The lowest BCUT2D eigenvalue weighted by Crippen LogP contribution is -2.49. The molecule has 1 aromatic heterocycles. The Bertz CT molecular complexity index is 728. The maximum absolute atomic E-state index is 12.3. The number of pyridine rings is 1. The summed E-state index contributed by atoms with van der Waals surface area (Å²) < 4.78 is 5.61. The smallest absolute Gasteiger partial charge is 0.315 e. The van der Waals surface area contributed by atoms with Crippen LogP contribution in [0, 0.1) is 0 Å². The molecule has 0 saturated heterocycles. The van der Waals surface area contributed by atoms with Gasteiger partial charge in [0.05, 0.1) is 6.04 Å². The number of fused-ring (bicyclic) bond motifs is 1. The van der Waals surface area contributed by atoms with Crippen LogP contribution in [0.3, 0.4) is 0 Å². The van der Waals surface area contributed by atoms with E-state index in [1.807, 2.05) is 42.6 Å². The van der Waals surface area contributed by atoms with Gasteiger partial charge in [0.1, 0.15) is 12.4 Å². The van der Waals surface area contributed by atoms with Crippen molar-refractivity contribution in [2.75, 3.05) is 13.2 Å². The molecule has 1 aromatic carbocycles. The van der Waals surface area contributed by atoms with Gasteiger partial charge >= 0.3 is 6.03 Å². The van der Waals surface area contributed by atoms with E-state index in [1.54, 1.807) is 0 Å². The van der Waals surface area contributed by atoms with Crippen molar-refractivity contribution >= 4 is 6.03 Å². The molecule has 5 nitrogen and oxygen atoms in total. The van der Waals surface area contributed by atoms with Crippen LogP contribution in [0.2, 0.25) is 0 Å². The molecule has 2 heterocycles. The van der Waals surface area contributed by atoms with Crippen molar-refractivity contribution in [1.82, 2.24) is 15.6 Å². The van der Waals surface area contributed by atoms with E-state index in [0.29, 0.717) is 13.2 Å². The number of para-hydroxylation sites is 1. The molecule has 2 aromatic rings. The van der Waals surface area contributed by atoms with Crippen molar-refractivity contribution in [1.29, 1.82) is 0 Å². The highest BCUT2D eigenvalue weighted by Gasteiger charge is 2.40. The lowest BCUT2D eigenvalue weighted by atomic mass is 9.66. The fraction of sp³-hybridized carbons (Fsp3) is 0.368. The molecule has 1 unspecified atom stereocenters. The van der Waals surface area contributed by atoms with E-state index < -0.39 is 0 Å². The van der Waals surface area contributed by atoms with Crippen molar-refractivity contribution in [3.8, 4) is 5.75 Å². The van der Waals surface area contributed by atoms with Crippen LogP contribution in [0.4, 0.5) is 4.79 Å². The van der Waals surface area contributed by atoms with Crippen molar-refractivity contribution in [3.05, 3.63) is 59.9 Å². The summed E-state index contributed by atoms with van der Waals surface area (Å²) in [5, 5.41) is 6.05. The fourth-order valence-corrected chi connectivity index (χ4v) is 3.54. The molecule has 0 spiro atoms. The van der Waals surface area contributed by atoms with Gasteiger partial charge in [-0.15, -0.1) is 0 Å². The Morgan fingerprint density at radius 1 is 1.21 bits per heavy atom. The summed E-state index contributed by atoms with van der Waals surface area (Å²) in [5.41, 5.74) is 2.10. The van der Waals surface area contributed by atoms with Gasteiger partial charge in [0.15, 0.2) is 0 Å². The quantitative estimate of drug-likeness (QED) is 0.909. The molecule has 2 amide bonds. The molecule has 24 heavy (non-hydrogen) atoms. The van der Waals surface area contributed by atoms with Crippen molar-refractivity contribution in [2.45, 2.75) is 30.7 Å². The van der Waals surface area contributed by atoms with Gasteiger partial charge in [0.25, 0.3) is 0 Å². The maximum Gasteiger partial charge on any atom is 0.315 e. The molecule has 1 atom stereocenters. The number of nitrogens with zero attached hydrogens (tertiary/aromatic N) is 1. The molecule has 1 fully saturated rings. The second-order valence-corrected chi connectivity index (χ2v) is 6.58. The maximum atomic E-state index is 12.3. The number of benzene rings is 1. The monoisotopic (exact) mass is 323 g/mol. The first-order valence-corrected chi connectivity index (χ1v) is 8.44. The summed E-state index contributed by atoms with van der Waals surface area (Å²) >= 11 is 0. The van der Waals surface area contributed by atoms with Crippen LogP contribution in [0.1, 0.15) is 36.6 Å². The van der Waals surface area contributed by atoms with E-state index in [1.165, 1.54) is 6.42 Å². The number of nitrogens with one attached hydrogen (secondary N) is 2. The van der Waals surface area contributed by atoms with Gasteiger partial charge in [-0.1, -0.05) is 30.7 Å². The summed E-state index contributed by atoms with van der Waals surface area (Å²) in [6.07, 6.45) is 5.14. The summed E-state index contributed by atoms with van der Waals surface area (Å²) in [5.74, 6) is 0.853. The van der Waals surface area contributed by atoms with Crippen molar-refractivity contribution < 1.29 is 9.53 Å². The Kier molecular flexibility index (Phi) is 3.84. The van der Waals surface area contributed by atoms with Crippen LogP contribution in [-0.4, -0.2) is 24.2 Å². The third kappa shape index (κ3) is 2.70. The summed E-state index contributed by atoms with van der Waals surface area (Å²) in [6, 6.07) is 13.6. The van der Waals surface area contributed by atoms with E-state index in [0.717, 1.165) is 29.8 Å². The Balaban J connectivity index is 1.37. The first-order valence-electron chi connectivity index (χ1n) is 8.44. The van der Waals surface area contributed by atoms with E-state index >= 15 is 0 Å². The van der Waals surface area contributed by atoms with Gasteiger partial charge in [-0.3, -0.25) is 4.98 Å². The SMILES string of the molecule is O=C(NCC1(c2ccccn2)CCC1)NC1COc2ccccc21. The highest BCUT2D eigenvalue weighted by molar-refractivity contribution is 5.75. The lowest BCUT2D eigenvalue weighted by Gasteiger charge is -2.41. The molecule has 1 aliphatic heterocycles. The number of rotatable bonds is 4. The largest absolute Gasteiger partial charge is 0.491 e. The summed E-state index contributed by atoms with van der Waals surface area (Å²) in [4.78, 5) is 16.8. The number of amides is 2. The second kappa shape index (κ2) is 6.15. The number of hydrogen-bond acceptors (Lipinski definition) is 3. The molecule has 4 rings (SSSR count). The molecular weight excluding hydrogens is 302 g/mol. The summed E-state index contributed by atoms with van der Waals surface area (Å²) in [7, 11) is 0. The molecule has 2 aliphatic rings. The van der Waals surface area contributed by atoms with E-state index in [2.05, 4.69) is 21.7 Å². The topological polar surface area (TPSA) is 63.2 Å². The Morgan fingerprint density at radius 3 is 2.79 bits per heavy atom. The fourth-order valence-electron chi connectivity index (χ4n) is 3.54. The standard InChI is InChI=1S/C19H21N3O2/c23-18(22-15-12-24-16-7-2-1-6-14(15)16)21-13-19(9-5-10-19)17-8-3-4-11-20-17/h1-4,6-8,11,15H,5,9-10,12-13H2,(H2,21,22,23). The highest BCUT2D eigenvalue weighted by Crippen LogP contribution is 2.42. The number of carbonyl (C=O) groups excluding carboxylic acids is 1. The van der Waals surface area contributed by atoms with Crippen LogP contribution in [-0.2, 0) is 5.41 Å². The minimum Gasteiger partial charge on any atom is -0.491 e. The highest BCUT2D eigenvalue weighted by atomic mass is 16.5. The molecule has 0 radical (unpaired) electrons. The van der Waals surface area contributed by atoms with Crippen molar-refractivity contribution in [2.24, 2.45) is 0 Å². The van der Waals surface area contributed by atoms with E-state index in [-0.39, 0.29) is 17.5 Å². The number of hydrogen-bond donors (Lipinski definition) is 2. The van der Waals surface area contributed by atoms with Crippen LogP contribution >= 0.6 is 0 Å². The molecule has 5 heteroatoms. The van der Waals surface area contributed by atoms with Gasteiger partial charge in [-0.2, -0.15) is 0 Å². The van der Waals surface area contributed by atoms with E-state index in [9.17, 15) is 4.79 Å². The molecule has 1 saturated carbocycles. The van der Waals surface area contributed by atoms with E-state index in [4.69, 9.17) is 4.74 Å². The average Bonchev–Trinajstić information content (AvgIpc) is 2.98. The Labute approximate surface area is 141 Å². The normalized spacial score (nSPS) is 20.4. The Hall–Kier alpha value is -2.56. The molecule has 124 valence electrons. The molecule has 0 bridgehead atoms. The minimum absolute atomic E-state index is 0.0112. The zero-order valence-corrected chi connectivity index (χ0v) is 13.5. The van der Waals surface area contributed by atoms with Crippen LogP contribution in [0.15, 0.2) is 48.7 Å². The number of carbonyl (C=O) groups is 1. The average molecular weight is 323 g/mol. The predicted octanol–water partition coefficient (Wildman–Crippen LogP) is 2.94. The minimum atomic E-state index is -0.150. The number of aromatic nitrogens is 1. The van der Waals surface area contributed by atoms with Gasteiger partial charge in [-0.25, -0.2) is 4.79 Å². The first kappa shape index (κ1) is 15.0. The molecule has 2 N–H and O–H groups in total. The van der Waals surface area contributed by atoms with Crippen LogP contribution in [0.25, 0.3) is 0 Å². The Morgan fingerprint density at radius 2 is 2.04 bits per heavy atom. The van der Waals surface area contributed by atoms with Crippen LogP contribution < -0.4 is 15.4 Å². The first-order chi connectivity index (χ1) is 11.8. The third-order valence-corrected chi connectivity index (χ3v) is 5.11. The van der Waals surface area contributed by atoms with Gasteiger partial charge in [0, 0.05) is 29.4 Å². The molecule has 1 aliphatic carbocycles. The second-order valence-electron chi connectivity index (χ2n) is 6.58. The van der Waals surface area contributed by atoms with Gasteiger partial charge in [-0.05, 0) is 31.0 Å². The van der Waals surface area contributed by atoms with Crippen molar-refractivity contribution in [3.63, 3.8) is 0 Å². The number of urea groups is 1. The van der Waals surface area contributed by atoms with Crippen LogP contribution in [0.5, 0.6) is 5.75 Å². The van der Waals surface area contributed by atoms with Gasteiger partial charge in [0.2, 0.25) is 0 Å². The molecular formula is C19H21N3O2. The zero-order chi connectivity index (χ0) is 16.4. The lowest BCUT2D eigenvalue weighted by molar-refractivity contribution is 0.207. The zero-order valence-electron chi connectivity index (χ0n) is 13.5.